The van der Waals surface area contributed by atoms with Crippen LogP contribution in [0.5, 0.6) is 0 Å². The van der Waals surface area contributed by atoms with Gasteiger partial charge in [-0.15, -0.1) is 10.2 Å². The molecule has 0 unspecified atom stereocenters. The molecule has 0 saturated heterocycles. The second-order valence-electron chi connectivity index (χ2n) is 5.51. The lowest BCUT2D eigenvalue weighted by molar-refractivity contribution is 0.443. The van der Waals surface area contributed by atoms with E-state index in [1.54, 1.807) is 11.3 Å². The molecular weight excluding hydrogens is 206 g/mol. The molecule has 15 heavy (non-hydrogen) atoms. The summed E-state index contributed by atoms with van der Waals surface area (Å²) in [6, 6.07) is 0. The van der Waals surface area contributed by atoms with Gasteiger partial charge in [0.05, 0.1) is 0 Å². The number of nitrogens with one attached hydrogen (secondary N) is 1. The Bertz CT molecular complexity index is 299. The Kier molecular flexibility index (Phi) is 4.08. The van der Waals surface area contributed by atoms with Crippen LogP contribution >= 0.6 is 11.3 Å². The molecule has 0 aliphatic rings. The van der Waals surface area contributed by atoms with Crippen molar-refractivity contribution in [2.75, 3.05) is 11.9 Å². The summed E-state index contributed by atoms with van der Waals surface area (Å²) in [5.41, 5.74) is 0.282. The number of hydrogen-bond donors (Lipinski definition) is 1. The van der Waals surface area contributed by atoms with Crippen molar-refractivity contribution in [1.29, 1.82) is 0 Å². The van der Waals surface area contributed by atoms with Gasteiger partial charge in [-0.05, 0) is 11.3 Å². The van der Waals surface area contributed by atoms with Gasteiger partial charge in [-0.1, -0.05) is 46.0 Å². The molecule has 3 nitrogen and oxygen atoms in total. The van der Waals surface area contributed by atoms with Gasteiger partial charge in [0, 0.05) is 13.0 Å². The Morgan fingerprint density at radius 1 is 1.27 bits per heavy atom. The third kappa shape index (κ3) is 5.11. The van der Waals surface area contributed by atoms with Crippen molar-refractivity contribution in [2.24, 2.45) is 11.3 Å². The molecule has 0 aromatic carbocycles. The molecule has 1 heterocycles. The summed E-state index contributed by atoms with van der Waals surface area (Å²) >= 11 is 1.67. The van der Waals surface area contributed by atoms with Crippen LogP contribution in [0.3, 0.4) is 0 Å². The molecule has 0 aliphatic carbocycles. The molecule has 0 bridgehead atoms. The zero-order valence-electron chi connectivity index (χ0n) is 10.3. The lowest BCUT2D eigenvalue weighted by Crippen LogP contribution is -2.18. The van der Waals surface area contributed by atoms with Crippen LogP contribution in [0.15, 0.2) is 0 Å². The number of nitrogens with zero attached hydrogens (tertiary/aromatic N) is 2. The largest absolute Gasteiger partial charge is 0.360 e. The van der Waals surface area contributed by atoms with E-state index in [9.17, 15) is 0 Å². The molecule has 1 aromatic heterocycles. The third-order valence-electron chi connectivity index (χ3n) is 1.82. The maximum Gasteiger partial charge on any atom is 0.205 e. The van der Waals surface area contributed by atoms with E-state index in [4.69, 9.17) is 0 Å². The smallest absolute Gasteiger partial charge is 0.205 e. The fraction of sp³-hybridized carbons (Fsp3) is 0.818. The summed E-state index contributed by atoms with van der Waals surface area (Å²) in [4.78, 5) is 0. The molecule has 86 valence electrons. The molecule has 0 amide bonds. The minimum Gasteiger partial charge on any atom is -0.360 e. The monoisotopic (exact) mass is 227 g/mol. The minimum absolute atomic E-state index is 0.282. The van der Waals surface area contributed by atoms with Gasteiger partial charge in [-0.25, -0.2) is 0 Å². The van der Waals surface area contributed by atoms with Gasteiger partial charge in [-0.3, -0.25) is 0 Å². The van der Waals surface area contributed by atoms with Gasteiger partial charge in [0.25, 0.3) is 0 Å². The molecule has 1 rings (SSSR count). The van der Waals surface area contributed by atoms with Crippen LogP contribution in [0, 0.1) is 11.3 Å². The van der Waals surface area contributed by atoms with Gasteiger partial charge >= 0.3 is 0 Å². The predicted octanol–water partition coefficient (Wildman–Crippen LogP) is 3.19. The average Bonchev–Trinajstić information content (AvgIpc) is 2.46. The fourth-order valence-electron chi connectivity index (χ4n) is 1.10. The molecule has 0 fully saturated rings. The van der Waals surface area contributed by atoms with Gasteiger partial charge in [0.1, 0.15) is 5.01 Å². The number of hydrogen-bond acceptors (Lipinski definition) is 4. The second-order valence-corrected chi connectivity index (χ2v) is 6.58. The average molecular weight is 227 g/mol. The van der Waals surface area contributed by atoms with E-state index in [0.29, 0.717) is 5.92 Å². The van der Waals surface area contributed by atoms with Crippen molar-refractivity contribution in [3.8, 4) is 0 Å². The van der Waals surface area contributed by atoms with Crippen molar-refractivity contribution in [2.45, 2.75) is 41.0 Å². The molecule has 0 spiro atoms. The molecule has 0 radical (unpaired) electrons. The van der Waals surface area contributed by atoms with Crippen LogP contribution in [0.1, 0.15) is 39.6 Å². The minimum atomic E-state index is 0.282. The maximum atomic E-state index is 4.16. The highest BCUT2D eigenvalue weighted by Crippen LogP contribution is 2.20. The summed E-state index contributed by atoms with van der Waals surface area (Å²) in [7, 11) is 0. The fourth-order valence-corrected chi connectivity index (χ4v) is 2.05. The van der Waals surface area contributed by atoms with Crippen molar-refractivity contribution in [1.82, 2.24) is 10.2 Å². The molecule has 1 aromatic rings. The topological polar surface area (TPSA) is 37.8 Å². The van der Waals surface area contributed by atoms with E-state index >= 15 is 0 Å². The van der Waals surface area contributed by atoms with Crippen molar-refractivity contribution in [3.05, 3.63) is 5.01 Å². The highest BCUT2D eigenvalue weighted by Gasteiger charge is 2.11. The highest BCUT2D eigenvalue weighted by atomic mass is 32.1. The van der Waals surface area contributed by atoms with E-state index in [2.05, 4.69) is 50.1 Å². The molecule has 0 atom stereocenters. The van der Waals surface area contributed by atoms with Crippen LogP contribution in [0.4, 0.5) is 5.13 Å². The number of rotatable bonds is 4. The predicted molar refractivity (Wildman–Crippen MR) is 66.4 cm³/mol. The maximum absolute atomic E-state index is 4.16. The number of aromatic nitrogens is 2. The Morgan fingerprint density at radius 3 is 2.47 bits per heavy atom. The van der Waals surface area contributed by atoms with Crippen LogP contribution in [0.2, 0.25) is 0 Å². The third-order valence-corrected chi connectivity index (χ3v) is 2.72. The first-order chi connectivity index (χ1) is 6.87. The van der Waals surface area contributed by atoms with Crippen molar-refractivity contribution >= 4 is 16.5 Å². The lowest BCUT2D eigenvalue weighted by Gasteiger charge is -2.17. The quantitative estimate of drug-likeness (QED) is 0.858. The van der Waals surface area contributed by atoms with E-state index in [1.165, 1.54) is 0 Å². The van der Waals surface area contributed by atoms with Crippen molar-refractivity contribution in [3.63, 3.8) is 0 Å². The zero-order valence-corrected chi connectivity index (χ0v) is 11.1. The standard InChI is InChI=1S/C11H21N3S/c1-8(2)6-9-13-14-10(15-9)12-7-11(3,4)5/h8H,6-7H2,1-5H3,(H,12,14). The van der Waals surface area contributed by atoms with E-state index in [1.807, 2.05) is 0 Å². The van der Waals surface area contributed by atoms with Crippen LogP contribution < -0.4 is 5.32 Å². The summed E-state index contributed by atoms with van der Waals surface area (Å²) in [5, 5.41) is 13.7. The SMILES string of the molecule is CC(C)Cc1nnc(NCC(C)(C)C)s1. The summed E-state index contributed by atoms with van der Waals surface area (Å²) in [6.45, 7) is 11.9. The van der Waals surface area contributed by atoms with Gasteiger partial charge < -0.3 is 5.32 Å². The Balaban J connectivity index is 2.46. The lowest BCUT2D eigenvalue weighted by atomic mass is 9.97. The molecular formula is C11H21N3S. The molecule has 1 N–H and O–H groups in total. The van der Waals surface area contributed by atoms with E-state index in [-0.39, 0.29) is 5.41 Å². The first-order valence-electron chi connectivity index (χ1n) is 5.43. The van der Waals surface area contributed by atoms with Gasteiger partial charge in [-0.2, -0.15) is 0 Å². The summed E-state index contributed by atoms with van der Waals surface area (Å²) < 4.78 is 0. The van der Waals surface area contributed by atoms with Gasteiger partial charge in [0.2, 0.25) is 5.13 Å². The Hall–Kier alpha value is -0.640. The first kappa shape index (κ1) is 12.4. The summed E-state index contributed by atoms with van der Waals surface area (Å²) in [6.07, 6.45) is 1.02. The molecule has 4 heteroatoms. The molecule has 0 aliphatic heterocycles. The second kappa shape index (κ2) is 4.92. The van der Waals surface area contributed by atoms with Crippen LogP contribution in [-0.2, 0) is 6.42 Å². The first-order valence-corrected chi connectivity index (χ1v) is 6.25. The Labute approximate surface area is 96.3 Å². The molecule has 0 saturated carbocycles. The summed E-state index contributed by atoms with van der Waals surface area (Å²) in [5.74, 6) is 0.647. The Morgan fingerprint density at radius 2 is 1.93 bits per heavy atom. The van der Waals surface area contributed by atoms with E-state index < -0.39 is 0 Å². The van der Waals surface area contributed by atoms with Crippen molar-refractivity contribution < 1.29 is 0 Å². The van der Waals surface area contributed by atoms with Crippen LogP contribution in [-0.4, -0.2) is 16.7 Å². The highest BCUT2D eigenvalue weighted by molar-refractivity contribution is 7.15. The van der Waals surface area contributed by atoms with Gasteiger partial charge in [0.15, 0.2) is 0 Å². The van der Waals surface area contributed by atoms with Crippen LogP contribution in [0.25, 0.3) is 0 Å². The number of anilines is 1. The van der Waals surface area contributed by atoms with E-state index in [0.717, 1.165) is 23.1 Å². The normalized spacial score (nSPS) is 12.1. The zero-order chi connectivity index (χ0) is 11.5.